The number of hydrogen-bond acceptors (Lipinski definition) is 5. The number of aromatic nitrogens is 3. The van der Waals surface area contributed by atoms with E-state index >= 15 is 0 Å². The second-order valence-corrected chi connectivity index (χ2v) is 4.67. The monoisotopic (exact) mass is 272 g/mol. The zero-order valence-electron chi connectivity index (χ0n) is 12.2. The molecule has 2 aromatic rings. The van der Waals surface area contributed by atoms with Crippen molar-refractivity contribution < 1.29 is 4.74 Å². The number of anilines is 1. The van der Waals surface area contributed by atoms with Crippen LogP contribution in [0.4, 0.5) is 5.82 Å². The van der Waals surface area contributed by atoms with E-state index in [2.05, 4.69) is 33.3 Å². The molecule has 2 rings (SSSR count). The van der Waals surface area contributed by atoms with Gasteiger partial charge in [-0.05, 0) is 25.0 Å². The molecule has 20 heavy (non-hydrogen) atoms. The average Bonchev–Trinajstić information content (AvgIpc) is 2.45. The van der Waals surface area contributed by atoms with E-state index in [1.165, 1.54) is 0 Å². The molecule has 106 valence electrons. The van der Waals surface area contributed by atoms with Crippen LogP contribution in [0.3, 0.4) is 0 Å². The Hall–Kier alpha value is -2.01. The predicted octanol–water partition coefficient (Wildman–Crippen LogP) is 2.82. The standard InChI is InChI=1S/C15H20N4O/c1-4-5-17-14-7-13(18-15(19-14)10-20-3)12-6-11(2)8-16-9-12/h6-9H,4-5,10H2,1-3H3,(H,17,18,19). The van der Waals surface area contributed by atoms with Gasteiger partial charge in [0.25, 0.3) is 0 Å². The fourth-order valence-electron chi connectivity index (χ4n) is 1.88. The molecule has 0 spiro atoms. The first-order valence-corrected chi connectivity index (χ1v) is 6.75. The van der Waals surface area contributed by atoms with Crippen molar-refractivity contribution in [2.45, 2.75) is 26.9 Å². The summed E-state index contributed by atoms with van der Waals surface area (Å²) in [6.07, 6.45) is 4.69. The van der Waals surface area contributed by atoms with Gasteiger partial charge < -0.3 is 10.1 Å². The summed E-state index contributed by atoms with van der Waals surface area (Å²) in [5.41, 5.74) is 2.96. The minimum atomic E-state index is 0.397. The molecule has 5 heteroatoms. The van der Waals surface area contributed by atoms with Gasteiger partial charge in [0.2, 0.25) is 0 Å². The van der Waals surface area contributed by atoms with Gasteiger partial charge >= 0.3 is 0 Å². The fourth-order valence-corrected chi connectivity index (χ4v) is 1.88. The summed E-state index contributed by atoms with van der Waals surface area (Å²) in [5.74, 6) is 1.50. The van der Waals surface area contributed by atoms with E-state index in [9.17, 15) is 0 Å². The third-order valence-corrected chi connectivity index (χ3v) is 2.77. The Morgan fingerprint density at radius 3 is 2.75 bits per heavy atom. The molecule has 1 N–H and O–H groups in total. The second-order valence-electron chi connectivity index (χ2n) is 4.67. The first kappa shape index (κ1) is 14.4. The molecule has 2 aromatic heterocycles. The highest BCUT2D eigenvalue weighted by atomic mass is 16.5. The molecule has 0 radical (unpaired) electrons. The number of rotatable bonds is 6. The zero-order chi connectivity index (χ0) is 14.4. The maximum absolute atomic E-state index is 5.13. The topological polar surface area (TPSA) is 59.9 Å². The van der Waals surface area contributed by atoms with Crippen molar-refractivity contribution in [3.63, 3.8) is 0 Å². The summed E-state index contributed by atoms with van der Waals surface area (Å²) < 4.78 is 5.13. The lowest BCUT2D eigenvalue weighted by Gasteiger charge is -2.09. The lowest BCUT2D eigenvalue weighted by molar-refractivity contribution is 0.178. The second kappa shape index (κ2) is 6.96. The van der Waals surface area contributed by atoms with Gasteiger partial charge in [0.15, 0.2) is 5.82 Å². The lowest BCUT2D eigenvalue weighted by atomic mass is 10.1. The summed E-state index contributed by atoms with van der Waals surface area (Å²) in [6.45, 7) is 5.42. The van der Waals surface area contributed by atoms with Gasteiger partial charge in [-0.2, -0.15) is 0 Å². The van der Waals surface area contributed by atoms with Gasteiger partial charge in [0.05, 0.1) is 5.69 Å². The van der Waals surface area contributed by atoms with E-state index in [0.29, 0.717) is 12.4 Å². The zero-order valence-corrected chi connectivity index (χ0v) is 12.2. The number of pyridine rings is 1. The number of nitrogens with zero attached hydrogens (tertiary/aromatic N) is 3. The van der Waals surface area contributed by atoms with Crippen molar-refractivity contribution in [1.82, 2.24) is 15.0 Å². The van der Waals surface area contributed by atoms with Crippen molar-refractivity contribution in [3.05, 3.63) is 35.9 Å². The third kappa shape index (κ3) is 3.74. The van der Waals surface area contributed by atoms with Gasteiger partial charge in [0.1, 0.15) is 12.4 Å². The predicted molar refractivity (Wildman–Crippen MR) is 79.5 cm³/mol. The van der Waals surface area contributed by atoms with Gasteiger partial charge in [-0.1, -0.05) is 6.92 Å². The maximum Gasteiger partial charge on any atom is 0.157 e. The molecular formula is C15H20N4O. The van der Waals surface area contributed by atoms with E-state index < -0.39 is 0 Å². The lowest BCUT2D eigenvalue weighted by Crippen LogP contribution is -2.06. The molecule has 0 atom stereocenters. The molecule has 0 saturated carbocycles. The van der Waals surface area contributed by atoms with Crippen LogP contribution in [0.15, 0.2) is 24.5 Å². The van der Waals surface area contributed by atoms with Crippen molar-refractivity contribution in [3.8, 4) is 11.3 Å². The van der Waals surface area contributed by atoms with Gasteiger partial charge in [-0.3, -0.25) is 4.98 Å². The molecule has 0 bridgehead atoms. The minimum Gasteiger partial charge on any atom is -0.377 e. The summed E-state index contributed by atoms with van der Waals surface area (Å²) in [5, 5.41) is 3.29. The Kier molecular flexibility index (Phi) is 5.01. The molecule has 0 unspecified atom stereocenters. The number of aryl methyl sites for hydroxylation is 1. The van der Waals surface area contributed by atoms with E-state index in [1.54, 1.807) is 7.11 Å². The summed E-state index contributed by atoms with van der Waals surface area (Å²) >= 11 is 0. The number of nitrogens with one attached hydrogen (secondary N) is 1. The first-order chi connectivity index (χ1) is 9.72. The maximum atomic E-state index is 5.13. The molecule has 0 amide bonds. The van der Waals surface area contributed by atoms with Crippen LogP contribution < -0.4 is 5.32 Å². The molecule has 0 fully saturated rings. The molecule has 0 saturated heterocycles. The van der Waals surface area contributed by atoms with E-state index in [-0.39, 0.29) is 0 Å². The Morgan fingerprint density at radius 2 is 2.05 bits per heavy atom. The average molecular weight is 272 g/mol. The first-order valence-electron chi connectivity index (χ1n) is 6.75. The number of methoxy groups -OCH3 is 1. The Morgan fingerprint density at radius 1 is 1.20 bits per heavy atom. The molecule has 0 aliphatic rings. The van der Waals surface area contributed by atoms with Crippen molar-refractivity contribution in [2.75, 3.05) is 19.0 Å². The van der Waals surface area contributed by atoms with Gasteiger partial charge in [0, 0.05) is 37.7 Å². The normalized spacial score (nSPS) is 10.6. The van der Waals surface area contributed by atoms with Gasteiger partial charge in [-0.15, -0.1) is 0 Å². The van der Waals surface area contributed by atoms with Crippen LogP contribution >= 0.6 is 0 Å². The molecule has 0 aliphatic carbocycles. The molecule has 0 aliphatic heterocycles. The minimum absolute atomic E-state index is 0.397. The molecule has 5 nitrogen and oxygen atoms in total. The summed E-state index contributed by atoms with van der Waals surface area (Å²) in [6, 6.07) is 4.01. The smallest absolute Gasteiger partial charge is 0.157 e. The fraction of sp³-hybridized carbons (Fsp3) is 0.400. The third-order valence-electron chi connectivity index (χ3n) is 2.77. The quantitative estimate of drug-likeness (QED) is 0.876. The molecule has 2 heterocycles. The van der Waals surface area contributed by atoms with E-state index in [4.69, 9.17) is 4.74 Å². The highest BCUT2D eigenvalue weighted by Crippen LogP contribution is 2.20. The van der Waals surface area contributed by atoms with Crippen LogP contribution in [0, 0.1) is 6.92 Å². The molecule has 0 aromatic carbocycles. The Labute approximate surface area is 119 Å². The Bertz CT molecular complexity index is 572. The van der Waals surface area contributed by atoms with E-state index in [0.717, 1.165) is 35.6 Å². The number of hydrogen-bond donors (Lipinski definition) is 1. The highest BCUT2D eigenvalue weighted by molar-refractivity contribution is 5.62. The molecular weight excluding hydrogens is 252 g/mol. The van der Waals surface area contributed by atoms with Crippen LogP contribution in [-0.2, 0) is 11.3 Å². The van der Waals surface area contributed by atoms with Crippen LogP contribution in [0.2, 0.25) is 0 Å². The number of ether oxygens (including phenoxy) is 1. The summed E-state index contributed by atoms with van der Waals surface area (Å²) in [7, 11) is 1.64. The SMILES string of the molecule is CCCNc1cc(-c2cncc(C)c2)nc(COC)n1. The van der Waals surface area contributed by atoms with E-state index in [1.807, 2.05) is 25.4 Å². The van der Waals surface area contributed by atoms with Crippen LogP contribution in [0.5, 0.6) is 0 Å². The van der Waals surface area contributed by atoms with Gasteiger partial charge in [-0.25, -0.2) is 9.97 Å². The summed E-state index contributed by atoms with van der Waals surface area (Å²) in [4.78, 5) is 13.2. The van der Waals surface area contributed by atoms with Crippen molar-refractivity contribution >= 4 is 5.82 Å². The van der Waals surface area contributed by atoms with Crippen LogP contribution in [0.1, 0.15) is 24.7 Å². The van der Waals surface area contributed by atoms with Crippen molar-refractivity contribution in [2.24, 2.45) is 0 Å². The Balaban J connectivity index is 2.37. The largest absolute Gasteiger partial charge is 0.377 e. The van der Waals surface area contributed by atoms with Crippen LogP contribution in [-0.4, -0.2) is 28.6 Å². The van der Waals surface area contributed by atoms with Crippen LogP contribution in [0.25, 0.3) is 11.3 Å². The van der Waals surface area contributed by atoms with Crippen molar-refractivity contribution in [1.29, 1.82) is 0 Å². The highest BCUT2D eigenvalue weighted by Gasteiger charge is 2.07.